The molecule has 0 spiro atoms. The van der Waals surface area contributed by atoms with Crippen molar-refractivity contribution in [1.29, 1.82) is 0 Å². The summed E-state index contributed by atoms with van der Waals surface area (Å²) in [5, 5.41) is 0. The molecule has 0 aliphatic rings. The van der Waals surface area contributed by atoms with Crippen LogP contribution in [0.15, 0.2) is 0 Å². The number of hydrogen-bond acceptors (Lipinski definition) is 3. The van der Waals surface area contributed by atoms with Crippen LogP contribution in [0.1, 0.15) is 6.92 Å². The molecule has 0 atom stereocenters. The maximum atomic E-state index is 10.0. The molecular formula is C4H8ClNO3. The number of amides is 1. The molecule has 0 aliphatic carbocycles. The monoisotopic (exact) mass is 153 g/mol. The van der Waals surface area contributed by atoms with E-state index in [-0.39, 0.29) is 19.0 Å². The number of rotatable bonds is 1. The van der Waals surface area contributed by atoms with Gasteiger partial charge in [-0.05, 0) is 6.92 Å². The SMILES string of the molecule is CCOC(=O)C(N)=O.Cl. The number of hydrogen-bond donors (Lipinski definition) is 1. The van der Waals surface area contributed by atoms with E-state index in [0.717, 1.165) is 0 Å². The van der Waals surface area contributed by atoms with Crippen molar-refractivity contribution in [3.63, 3.8) is 0 Å². The Hall–Kier alpha value is -0.770. The Kier molecular flexibility index (Phi) is 6.61. The minimum atomic E-state index is -1.05. The highest BCUT2D eigenvalue weighted by Crippen LogP contribution is 1.72. The molecule has 0 saturated carbocycles. The molecule has 0 fully saturated rings. The van der Waals surface area contributed by atoms with E-state index < -0.39 is 11.9 Å². The Morgan fingerprint density at radius 3 is 2.11 bits per heavy atom. The van der Waals surface area contributed by atoms with Gasteiger partial charge in [-0.2, -0.15) is 0 Å². The number of esters is 1. The number of ether oxygens (including phenoxy) is 1. The average molecular weight is 154 g/mol. The zero-order valence-electron chi connectivity index (χ0n) is 4.92. The number of carbonyl (C=O) groups is 2. The molecule has 0 heterocycles. The molecule has 2 N–H and O–H groups in total. The van der Waals surface area contributed by atoms with E-state index in [1.54, 1.807) is 6.92 Å². The summed E-state index contributed by atoms with van der Waals surface area (Å²) >= 11 is 0. The van der Waals surface area contributed by atoms with Gasteiger partial charge >= 0.3 is 11.9 Å². The van der Waals surface area contributed by atoms with Crippen molar-refractivity contribution >= 4 is 24.3 Å². The van der Waals surface area contributed by atoms with Crippen LogP contribution in [0, 0.1) is 0 Å². The summed E-state index contributed by atoms with van der Waals surface area (Å²) in [6, 6.07) is 0. The highest BCUT2D eigenvalue weighted by Gasteiger charge is 2.06. The Bertz CT molecular complexity index is 114. The molecule has 54 valence electrons. The molecule has 0 aromatic carbocycles. The summed E-state index contributed by atoms with van der Waals surface area (Å²) in [6.07, 6.45) is 0. The summed E-state index contributed by atoms with van der Waals surface area (Å²) in [4.78, 5) is 19.9. The van der Waals surface area contributed by atoms with E-state index >= 15 is 0 Å². The molecule has 0 aromatic heterocycles. The predicted octanol–water partition coefficient (Wildman–Crippen LogP) is -0.543. The van der Waals surface area contributed by atoms with Crippen LogP contribution in [0.2, 0.25) is 0 Å². The molecule has 0 rings (SSSR count). The second-order valence-corrected chi connectivity index (χ2v) is 1.08. The molecule has 0 unspecified atom stereocenters. The minimum Gasteiger partial charge on any atom is -0.459 e. The van der Waals surface area contributed by atoms with Gasteiger partial charge in [0.05, 0.1) is 6.61 Å². The predicted molar refractivity (Wildman–Crippen MR) is 33.1 cm³/mol. The van der Waals surface area contributed by atoms with E-state index in [2.05, 4.69) is 10.5 Å². The fourth-order valence-electron chi connectivity index (χ4n) is 0.202. The van der Waals surface area contributed by atoms with E-state index in [9.17, 15) is 9.59 Å². The molecule has 0 aromatic rings. The molecule has 5 heteroatoms. The van der Waals surface area contributed by atoms with Crippen LogP contribution in [0.5, 0.6) is 0 Å². The average Bonchev–Trinajstić information content (AvgIpc) is 1.67. The van der Waals surface area contributed by atoms with Crippen molar-refractivity contribution in [3.8, 4) is 0 Å². The zero-order valence-corrected chi connectivity index (χ0v) is 5.73. The standard InChI is InChI=1S/C4H7NO3.ClH/c1-2-8-4(7)3(5)6;/h2H2,1H3,(H2,5,6);1H. The topological polar surface area (TPSA) is 69.4 Å². The Morgan fingerprint density at radius 1 is 1.56 bits per heavy atom. The van der Waals surface area contributed by atoms with Gasteiger partial charge in [0.1, 0.15) is 0 Å². The fraction of sp³-hybridized carbons (Fsp3) is 0.500. The highest BCUT2D eigenvalue weighted by atomic mass is 35.5. The first kappa shape index (κ1) is 11.1. The molecule has 0 radical (unpaired) electrons. The zero-order chi connectivity index (χ0) is 6.57. The summed E-state index contributed by atoms with van der Waals surface area (Å²) in [7, 11) is 0. The summed E-state index contributed by atoms with van der Waals surface area (Å²) < 4.78 is 4.19. The minimum absolute atomic E-state index is 0. The number of carbonyl (C=O) groups excluding carboxylic acids is 2. The van der Waals surface area contributed by atoms with Gasteiger partial charge in [0.15, 0.2) is 0 Å². The van der Waals surface area contributed by atoms with Crippen LogP contribution in [-0.4, -0.2) is 18.5 Å². The second-order valence-electron chi connectivity index (χ2n) is 1.08. The van der Waals surface area contributed by atoms with Gasteiger partial charge in [-0.3, -0.25) is 4.79 Å². The van der Waals surface area contributed by atoms with Gasteiger partial charge in [-0.1, -0.05) is 0 Å². The Labute approximate surface area is 58.8 Å². The van der Waals surface area contributed by atoms with Crippen molar-refractivity contribution in [2.75, 3.05) is 6.61 Å². The van der Waals surface area contributed by atoms with E-state index in [4.69, 9.17) is 0 Å². The van der Waals surface area contributed by atoms with Crippen molar-refractivity contribution in [2.45, 2.75) is 6.92 Å². The first-order chi connectivity index (χ1) is 3.68. The molecule has 0 aliphatic heterocycles. The molecular weight excluding hydrogens is 146 g/mol. The Balaban J connectivity index is 0. The summed E-state index contributed by atoms with van der Waals surface area (Å²) in [6.45, 7) is 1.78. The Morgan fingerprint density at radius 2 is 2.00 bits per heavy atom. The van der Waals surface area contributed by atoms with Gasteiger partial charge < -0.3 is 10.5 Å². The van der Waals surface area contributed by atoms with Crippen LogP contribution >= 0.6 is 12.4 Å². The normalized spacial score (nSPS) is 7.22. The number of halogens is 1. The lowest BCUT2D eigenvalue weighted by Gasteiger charge is -1.92. The maximum absolute atomic E-state index is 10.0. The van der Waals surface area contributed by atoms with Gasteiger partial charge in [0.25, 0.3) is 0 Å². The highest BCUT2D eigenvalue weighted by molar-refractivity contribution is 6.31. The van der Waals surface area contributed by atoms with Crippen LogP contribution in [-0.2, 0) is 14.3 Å². The third-order valence-corrected chi connectivity index (χ3v) is 0.477. The van der Waals surface area contributed by atoms with Gasteiger partial charge in [0.2, 0.25) is 0 Å². The molecule has 1 amide bonds. The molecule has 0 saturated heterocycles. The van der Waals surface area contributed by atoms with Crippen LogP contribution < -0.4 is 5.73 Å². The summed E-state index contributed by atoms with van der Waals surface area (Å²) in [5.41, 5.74) is 4.51. The lowest BCUT2D eigenvalue weighted by Crippen LogP contribution is -2.25. The number of nitrogens with two attached hydrogens (primary N) is 1. The lowest BCUT2D eigenvalue weighted by atomic mass is 10.6. The first-order valence-corrected chi connectivity index (χ1v) is 2.15. The maximum Gasteiger partial charge on any atom is 0.396 e. The molecule has 0 bridgehead atoms. The third kappa shape index (κ3) is 5.10. The largest absolute Gasteiger partial charge is 0.459 e. The lowest BCUT2D eigenvalue weighted by molar-refractivity contribution is -0.153. The van der Waals surface area contributed by atoms with Crippen molar-refractivity contribution < 1.29 is 14.3 Å². The fourth-order valence-corrected chi connectivity index (χ4v) is 0.202. The van der Waals surface area contributed by atoms with E-state index in [1.165, 1.54) is 0 Å². The van der Waals surface area contributed by atoms with Gasteiger partial charge in [-0.25, -0.2) is 4.79 Å². The van der Waals surface area contributed by atoms with Crippen LogP contribution in [0.4, 0.5) is 0 Å². The van der Waals surface area contributed by atoms with Gasteiger partial charge in [0, 0.05) is 0 Å². The van der Waals surface area contributed by atoms with E-state index in [0.29, 0.717) is 0 Å². The smallest absolute Gasteiger partial charge is 0.396 e. The van der Waals surface area contributed by atoms with E-state index in [1.807, 2.05) is 0 Å². The van der Waals surface area contributed by atoms with Crippen molar-refractivity contribution in [1.82, 2.24) is 0 Å². The quantitative estimate of drug-likeness (QED) is 0.406. The summed E-state index contributed by atoms with van der Waals surface area (Å²) in [5.74, 6) is -2.03. The van der Waals surface area contributed by atoms with Crippen LogP contribution in [0.25, 0.3) is 0 Å². The van der Waals surface area contributed by atoms with Gasteiger partial charge in [-0.15, -0.1) is 12.4 Å². The first-order valence-electron chi connectivity index (χ1n) is 2.15. The van der Waals surface area contributed by atoms with Crippen molar-refractivity contribution in [3.05, 3.63) is 0 Å². The molecule has 4 nitrogen and oxygen atoms in total. The third-order valence-electron chi connectivity index (χ3n) is 0.477. The number of primary amides is 1. The molecule has 9 heavy (non-hydrogen) atoms. The van der Waals surface area contributed by atoms with Crippen molar-refractivity contribution in [2.24, 2.45) is 5.73 Å². The second kappa shape index (κ2) is 5.37. The van der Waals surface area contributed by atoms with Crippen LogP contribution in [0.3, 0.4) is 0 Å².